The zero-order valence-corrected chi connectivity index (χ0v) is 18.9. The minimum atomic E-state index is -0.527. The third kappa shape index (κ3) is 4.99. The Balaban J connectivity index is 1.53. The van der Waals surface area contributed by atoms with Crippen LogP contribution in [0.1, 0.15) is 16.8 Å². The average Bonchev–Trinajstić information content (AvgIpc) is 3.45. The molecular weight excluding hydrogens is 462 g/mol. The van der Waals surface area contributed by atoms with E-state index in [-0.39, 0.29) is 36.3 Å². The molecule has 3 aromatic heterocycles. The molecule has 11 heteroatoms. The number of amides is 3. The number of nitrogens with zero attached hydrogens (tertiary/aromatic N) is 2. The summed E-state index contributed by atoms with van der Waals surface area (Å²) in [5.74, 6) is -1.46. The van der Waals surface area contributed by atoms with Crippen molar-refractivity contribution in [3.05, 3.63) is 69.4 Å². The van der Waals surface area contributed by atoms with Gasteiger partial charge < -0.3 is 16.4 Å². The van der Waals surface area contributed by atoms with Crippen molar-refractivity contribution in [1.29, 1.82) is 0 Å². The number of primary amides is 1. The van der Waals surface area contributed by atoms with Crippen molar-refractivity contribution < 1.29 is 14.4 Å². The maximum atomic E-state index is 13.1. The molecule has 0 spiro atoms. The van der Waals surface area contributed by atoms with Gasteiger partial charge in [-0.15, -0.1) is 22.7 Å². The summed E-state index contributed by atoms with van der Waals surface area (Å²) in [5, 5.41) is 9.56. The molecule has 33 heavy (non-hydrogen) atoms. The predicted molar refractivity (Wildman–Crippen MR) is 128 cm³/mol. The molecule has 0 bridgehead atoms. The molecule has 0 saturated heterocycles. The van der Waals surface area contributed by atoms with E-state index in [1.807, 2.05) is 22.9 Å². The maximum Gasteiger partial charge on any atom is 0.263 e. The van der Waals surface area contributed by atoms with E-state index >= 15 is 0 Å². The van der Waals surface area contributed by atoms with Crippen molar-refractivity contribution in [1.82, 2.24) is 14.9 Å². The first-order chi connectivity index (χ1) is 15.9. The first-order valence-corrected chi connectivity index (χ1v) is 11.7. The number of carbonyl (C=O) groups is 3. The van der Waals surface area contributed by atoms with Crippen LogP contribution in [0, 0.1) is 0 Å². The summed E-state index contributed by atoms with van der Waals surface area (Å²) in [6.07, 6.45) is 1.36. The number of anilines is 1. The number of carbonyl (C=O) groups excluding carboxylic acids is 3. The number of aromatic nitrogens is 2. The van der Waals surface area contributed by atoms with Crippen LogP contribution in [0.3, 0.4) is 0 Å². The van der Waals surface area contributed by atoms with Gasteiger partial charge in [0.2, 0.25) is 11.8 Å². The van der Waals surface area contributed by atoms with Crippen LogP contribution in [0.5, 0.6) is 0 Å². The molecule has 0 unspecified atom stereocenters. The summed E-state index contributed by atoms with van der Waals surface area (Å²) in [6, 6.07) is 10.3. The fourth-order valence-corrected chi connectivity index (χ4v) is 4.94. The van der Waals surface area contributed by atoms with Gasteiger partial charge in [-0.3, -0.25) is 23.7 Å². The van der Waals surface area contributed by atoms with Gasteiger partial charge in [-0.05, 0) is 23.6 Å². The third-order valence-corrected chi connectivity index (χ3v) is 6.55. The SMILES string of the molecule is NC(=O)CCNC(=O)c1ccccc1NC(=O)Cn1cnc2scc(-c3cccs3)c2c1=O. The summed E-state index contributed by atoms with van der Waals surface area (Å²) in [5.41, 5.74) is 6.10. The molecule has 0 aliphatic rings. The molecule has 4 N–H and O–H groups in total. The Labute approximate surface area is 195 Å². The van der Waals surface area contributed by atoms with Crippen LogP contribution in [-0.2, 0) is 16.1 Å². The zero-order valence-electron chi connectivity index (χ0n) is 17.2. The average molecular weight is 482 g/mol. The number of fused-ring (bicyclic) bond motifs is 1. The van der Waals surface area contributed by atoms with Crippen LogP contribution >= 0.6 is 22.7 Å². The lowest BCUT2D eigenvalue weighted by Crippen LogP contribution is -2.30. The lowest BCUT2D eigenvalue weighted by atomic mass is 10.1. The van der Waals surface area contributed by atoms with Gasteiger partial charge >= 0.3 is 0 Å². The quantitative estimate of drug-likeness (QED) is 0.355. The Morgan fingerprint density at radius 1 is 1.09 bits per heavy atom. The summed E-state index contributed by atoms with van der Waals surface area (Å²) in [4.78, 5) is 55.0. The number of thiophene rings is 2. The van der Waals surface area contributed by atoms with Gasteiger partial charge in [0.1, 0.15) is 11.4 Å². The highest BCUT2D eigenvalue weighted by Gasteiger charge is 2.17. The minimum Gasteiger partial charge on any atom is -0.370 e. The molecule has 0 aliphatic heterocycles. The number of hydrogen-bond acceptors (Lipinski definition) is 7. The summed E-state index contributed by atoms with van der Waals surface area (Å²) in [6.45, 7) is -0.177. The molecule has 4 aromatic rings. The van der Waals surface area contributed by atoms with Crippen LogP contribution in [0.25, 0.3) is 20.7 Å². The Kier molecular flexibility index (Phi) is 6.61. The topological polar surface area (TPSA) is 136 Å². The van der Waals surface area contributed by atoms with Crippen LogP contribution in [0.4, 0.5) is 5.69 Å². The summed E-state index contributed by atoms with van der Waals surface area (Å²) >= 11 is 2.90. The number of benzene rings is 1. The van der Waals surface area contributed by atoms with E-state index in [0.29, 0.717) is 10.2 Å². The molecule has 3 heterocycles. The van der Waals surface area contributed by atoms with Crippen molar-refractivity contribution in [2.45, 2.75) is 13.0 Å². The molecule has 9 nitrogen and oxygen atoms in total. The van der Waals surface area contributed by atoms with Gasteiger partial charge in [-0.1, -0.05) is 18.2 Å². The van der Waals surface area contributed by atoms with Gasteiger partial charge in [-0.2, -0.15) is 0 Å². The molecule has 0 atom stereocenters. The second kappa shape index (κ2) is 9.76. The first kappa shape index (κ1) is 22.4. The van der Waals surface area contributed by atoms with E-state index in [4.69, 9.17) is 5.73 Å². The minimum absolute atomic E-state index is 0.00863. The van der Waals surface area contributed by atoms with Crippen LogP contribution in [0.2, 0.25) is 0 Å². The maximum absolute atomic E-state index is 13.1. The molecule has 4 rings (SSSR count). The van der Waals surface area contributed by atoms with E-state index in [9.17, 15) is 19.2 Å². The first-order valence-electron chi connectivity index (χ1n) is 9.90. The van der Waals surface area contributed by atoms with Gasteiger partial charge in [0.25, 0.3) is 11.5 Å². The van der Waals surface area contributed by atoms with Crippen molar-refractivity contribution in [2.75, 3.05) is 11.9 Å². The fraction of sp³-hybridized carbons (Fsp3) is 0.136. The lowest BCUT2D eigenvalue weighted by Gasteiger charge is -2.12. The van der Waals surface area contributed by atoms with E-state index in [2.05, 4.69) is 15.6 Å². The normalized spacial score (nSPS) is 10.8. The molecular formula is C22H19N5O4S2. The molecule has 1 aromatic carbocycles. The highest BCUT2D eigenvalue weighted by Crippen LogP contribution is 2.33. The van der Waals surface area contributed by atoms with Crippen molar-refractivity contribution in [3.63, 3.8) is 0 Å². The molecule has 0 saturated carbocycles. The smallest absolute Gasteiger partial charge is 0.263 e. The standard InChI is InChI=1S/C22H19N5O4S2/c23-17(28)7-8-24-20(30)13-4-1-2-5-15(13)26-18(29)10-27-12-25-21-19(22(27)31)14(11-33-21)16-6-3-9-32-16/h1-6,9,11-12H,7-8,10H2,(H2,23,28)(H,24,30)(H,26,29). The number of nitrogens with two attached hydrogens (primary N) is 1. The van der Waals surface area contributed by atoms with Crippen molar-refractivity contribution in [2.24, 2.45) is 5.73 Å². The third-order valence-electron chi connectivity index (χ3n) is 4.76. The Hall–Kier alpha value is -3.83. The lowest BCUT2D eigenvalue weighted by molar-refractivity contribution is -0.118. The van der Waals surface area contributed by atoms with Gasteiger partial charge in [0.15, 0.2) is 0 Å². The van der Waals surface area contributed by atoms with Crippen LogP contribution in [-0.4, -0.2) is 33.8 Å². The highest BCUT2D eigenvalue weighted by molar-refractivity contribution is 7.18. The Morgan fingerprint density at radius 2 is 1.91 bits per heavy atom. The van der Waals surface area contributed by atoms with Gasteiger partial charge in [-0.25, -0.2) is 4.98 Å². The van der Waals surface area contributed by atoms with Crippen molar-refractivity contribution >= 4 is 56.3 Å². The second-order valence-corrected chi connectivity index (χ2v) is 8.86. The van der Waals surface area contributed by atoms with E-state index < -0.39 is 17.7 Å². The van der Waals surface area contributed by atoms with Crippen LogP contribution < -0.4 is 21.9 Å². The van der Waals surface area contributed by atoms with Crippen molar-refractivity contribution in [3.8, 4) is 10.4 Å². The van der Waals surface area contributed by atoms with Crippen LogP contribution in [0.15, 0.2) is 58.3 Å². The molecule has 0 radical (unpaired) electrons. The largest absolute Gasteiger partial charge is 0.370 e. The van der Waals surface area contributed by atoms with E-state index in [1.165, 1.54) is 33.6 Å². The molecule has 0 fully saturated rings. The van der Waals surface area contributed by atoms with Gasteiger partial charge in [0.05, 0.1) is 23.0 Å². The highest BCUT2D eigenvalue weighted by atomic mass is 32.1. The summed E-state index contributed by atoms with van der Waals surface area (Å²) < 4.78 is 1.25. The number of rotatable bonds is 8. The fourth-order valence-electron chi connectivity index (χ4n) is 3.22. The number of nitrogens with one attached hydrogen (secondary N) is 2. The second-order valence-electron chi connectivity index (χ2n) is 7.05. The zero-order chi connectivity index (χ0) is 23.4. The predicted octanol–water partition coefficient (Wildman–Crippen LogP) is 2.43. The number of hydrogen-bond donors (Lipinski definition) is 3. The molecule has 168 valence electrons. The van der Waals surface area contributed by atoms with Gasteiger partial charge in [0, 0.05) is 28.8 Å². The molecule has 0 aliphatic carbocycles. The Morgan fingerprint density at radius 3 is 2.67 bits per heavy atom. The molecule has 3 amide bonds. The summed E-state index contributed by atoms with van der Waals surface area (Å²) in [7, 11) is 0. The van der Waals surface area contributed by atoms with E-state index in [0.717, 1.165) is 10.4 Å². The number of para-hydroxylation sites is 1. The monoisotopic (exact) mass is 481 g/mol. The van der Waals surface area contributed by atoms with E-state index in [1.54, 1.807) is 24.3 Å². The Bertz CT molecular complexity index is 1390.